The van der Waals surface area contributed by atoms with Crippen LogP contribution in [0.15, 0.2) is 17.5 Å². The molecule has 0 unspecified atom stereocenters. The Morgan fingerprint density at radius 2 is 2.05 bits per heavy atom. The first-order valence-corrected chi connectivity index (χ1v) is 8.81. The molecule has 1 aliphatic carbocycles. The quantitative estimate of drug-likeness (QED) is 0.847. The lowest BCUT2D eigenvalue weighted by Gasteiger charge is -2.37. The van der Waals surface area contributed by atoms with Crippen molar-refractivity contribution >= 4 is 55.2 Å². The summed E-state index contributed by atoms with van der Waals surface area (Å²) in [6.07, 6.45) is 5.03. The van der Waals surface area contributed by atoms with Crippen molar-refractivity contribution in [3.63, 3.8) is 0 Å². The van der Waals surface area contributed by atoms with Crippen LogP contribution in [-0.2, 0) is 0 Å². The third-order valence-corrected chi connectivity index (χ3v) is 6.38. The van der Waals surface area contributed by atoms with Gasteiger partial charge in [-0.3, -0.25) is 4.79 Å². The Bertz CT molecular complexity index is 624. The molecule has 0 aliphatic heterocycles. The summed E-state index contributed by atoms with van der Waals surface area (Å²) >= 11 is 8.39. The van der Waals surface area contributed by atoms with Crippen LogP contribution >= 0.6 is 34.9 Å². The van der Waals surface area contributed by atoms with Crippen molar-refractivity contribution < 1.29 is 4.79 Å². The number of hydrogen-bond donors (Lipinski definition) is 2. The summed E-state index contributed by atoms with van der Waals surface area (Å²) in [7, 11) is 0. The summed E-state index contributed by atoms with van der Waals surface area (Å²) < 4.78 is 2.32. The van der Waals surface area contributed by atoms with Crippen LogP contribution in [0, 0.1) is 0 Å². The van der Waals surface area contributed by atoms with E-state index in [1.165, 1.54) is 17.8 Å². The molecule has 2 aromatic heterocycles. The summed E-state index contributed by atoms with van der Waals surface area (Å²) in [6.45, 7) is 0. The number of hydrogen-bond acceptors (Lipinski definition) is 4. The minimum Gasteiger partial charge on any atom is -0.391 e. The van der Waals surface area contributed by atoms with Gasteiger partial charge in [-0.25, -0.2) is 0 Å². The highest BCUT2D eigenvalue weighted by Crippen LogP contribution is 2.32. The second-order valence-corrected chi connectivity index (χ2v) is 7.69. The van der Waals surface area contributed by atoms with Crippen molar-refractivity contribution in [1.29, 1.82) is 0 Å². The van der Waals surface area contributed by atoms with E-state index in [9.17, 15) is 4.79 Å². The molecule has 0 atom stereocenters. The molecule has 0 aromatic carbocycles. The number of carbonyl (C=O) groups is 1. The van der Waals surface area contributed by atoms with Gasteiger partial charge in [0.25, 0.3) is 5.91 Å². The van der Waals surface area contributed by atoms with E-state index < -0.39 is 5.54 Å². The average molecular weight is 324 g/mol. The maximum atomic E-state index is 12.5. The smallest absolute Gasteiger partial charge is 0.262 e. The molecule has 0 bridgehead atoms. The molecule has 3 rings (SSSR count). The summed E-state index contributed by atoms with van der Waals surface area (Å²) in [6, 6.07) is 4.00. The number of rotatable bonds is 3. The van der Waals surface area contributed by atoms with Crippen LogP contribution in [0.1, 0.15) is 41.8 Å². The Morgan fingerprint density at radius 1 is 1.30 bits per heavy atom. The van der Waals surface area contributed by atoms with Gasteiger partial charge in [0.1, 0.15) is 0 Å². The molecule has 2 aromatic rings. The van der Waals surface area contributed by atoms with Gasteiger partial charge in [-0.2, -0.15) is 0 Å². The first-order chi connectivity index (χ1) is 9.61. The van der Waals surface area contributed by atoms with Gasteiger partial charge in [-0.05, 0) is 30.4 Å². The van der Waals surface area contributed by atoms with Gasteiger partial charge >= 0.3 is 0 Å². The molecular formula is C14H16N2OS3. The van der Waals surface area contributed by atoms with Gasteiger partial charge < -0.3 is 11.1 Å². The topological polar surface area (TPSA) is 55.1 Å². The molecule has 0 spiro atoms. The van der Waals surface area contributed by atoms with Crippen LogP contribution in [0.2, 0.25) is 0 Å². The van der Waals surface area contributed by atoms with Crippen molar-refractivity contribution in [2.45, 2.75) is 37.6 Å². The first-order valence-electron chi connectivity index (χ1n) is 6.70. The first kappa shape index (κ1) is 14.0. The fourth-order valence-electron chi connectivity index (χ4n) is 2.74. The molecule has 3 N–H and O–H groups in total. The zero-order valence-electron chi connectivity index (χ0n) is 11.0. The van der Waals surface area contributed by atoms with E-state index in [4.69, 9.17) is 18.0 Å². The molecule has 6 heteroatoms. The van der Waals surface area contributed by atoms with E-state index in [1.807, 2.05) is 17.5 Å². The normalized spacial score (nSPS) is 18.0. The lowest BCUT2D eigenvalue weighted by molar-refractivity contribution is 0.0912. The van der Waals surface area contributed by atoms with Crippen molar-refractivity contribution in [3.05, 3.63) is 22.4 Å². The Hall–Kier alpha value is -0.980. The molecule has 0 saturated heterocycles. The third kappa shape index (κ3) is 2.47. The summed E-state index contributed by atoms with van der Waals surface area (Å²) in [5.74, 6) is -0.0481. The molecule has 2 heterocycles. The third-order valence-electron chi connectivity index (χ3n) is 3.89. The van der Waals surface area contributed by atoms with Gasteiger partial charge in [0.05, 0.1) is 15.4 Å². The lowest BCUT2D eigenvalue weighted by atomic mass is 9.81. The number of nitrogens with two attached hydrogens (primary N) is 1. The molecule has 1 amide bonds. The van der Waals surface area contributed by atoms with Gasteiger partial charge in [0.2, 0.25) is 0 Å². The van der Waals surface area contributed by atoms with Crippen LogP contribution in [-0.4, -0.2) is 16.4 Å². The van der Waals surface area contributed by atoms with Crippen LogP contribution in [0.25, 0.3) is 9.40 Å². The van der Waals surface area contributed by atoms with E-state index in [-0.39, 0.29) is 5.91 Å². The van der Waals surface area contributed by atoms with Crippen molar-refractivity contribution in [3.8, 4) is 0 Å². The molecule has 1 saturated carbocycles. The van der Waals surface area contributed by atoms with Crippen LogP contribution in [0.3, 0.4) is 0 Å². The Kier molecular flexibility index (Phi) is 3.79. The number of amides is 1. The van der Waals surface area contributed by atoms with Gasteiger partial charge in [0.15, 0.2) is 0 Å². The second-order valence-electron chi connectivity index (χ2n) is 5.22. The maximum absolute atomic E-state index is 12.5. The average Bonchev–Trinajstić information content (AvgIpc) is 3.00. The number of thiophene rings is 2. The predicted octanol–water partition coefficient (Wildman–Crippen LogP) is 3.68. The summed E-state index contributed by atoms with van der Waals surface area (Å²) in [5, 5.41) is 5.15. The number of thiocarbonyl (C=S) groups is 1. The highest BCUT2D eigenvalue weighted by molar-refractivity contribution is 7.80. The molecular weight excluding hydrogens is 308 g/mol. The van der Waals surface area contributed by atoms with E-state index in [0.29, 0.717) is 4.99 Å². The van der Waals surface area contributed by atoms with Gasteiger partial charge in [-0.1, -0.05) is 31.5 Å². The van der Waals surface area contributed by atoms with E-state index in [1.54, 1.807) is 11.3 Å². The molecule has 0 radical (unpaired) electrons. The van der Waals surface area contributed by atoms with Crippen molar-refractivity contribution in [2.75, 3.05) is 0 Å². The summed E-state index contributed by atoms with van der Waals surface area (Å²) in [5.41, 5.74) is 5.42. The largest absolute Gasteiger partial charge is 0.391 e. The molecule has 1 fully saturated rings. The van der Waals surface area contributed by atoms with Crippen LogP contribution in [0.5, 0.6) is 0 Å². The Balaban J connectivity index is 1.83. The van der Waals surface area contributed by atoms with E-state index in [0.717, 1.165) is 40.0 Å². The molecule has 3 nitrogen and oxygen atoms in total. The Labute approximate surface area is 131 Å². The number of nitrogens with one attached hydrogen (secondary N) is 1. The molecule has 1 aliphatic rings. The number of fused-ring (bicyclic) bond motifs is 1. The second kappa shape index (κ2) is 5.42. The highest BCUT2D eigenvalue weighted by atomic mass is 32.1. The van der Waals surface area contributed by atoms with Crippen LogP contribution in [0.4, 0.5) is 0 Å². The fourth-order valence-corrected chi connectivity index (χ4v) is 5.00. The van der Waals surface area contributed by atoms with Crippen molar-refractivity contribution in [2.24, 2.45) is 5.73 Å². The van der Waals surface area contributed by atoms with Crippen molar-refractivity contribution in [1.82, 2.24) is 5.32 Å². The maximum Gasteiger partial charge on any atom is 0.262 e. The highest BCUT2D eigenvalue weighted by Gasteiger charge is 2.36. The van der Waals surface area contributed by atoms with E-state index in [2.05, 4.69) is 5.32 Å². The number of carbonyl (C=O) groups excluding carboxylic acids is 1. The van der Waals surface area contributed by atoms with Crippen LogP contribution < -0.4 is 11.1 Å². The van der Waals surface area contributed by atoms with Gasteiger partial charge in [0, 0.05) is 9.40 Å². The zero-order chi connectivity index (χ0) is 14.2. The zero-order valence-corrected chi connectivity index (χ0v) is 13.4. The SMILES string of the molecule is NC(=S)C1(NC(=O)c2cc3sccc3s2)CCCCC1. The standard InChI is InChI=1S/C14H16N2OS3/c15-13(18)14(5-2-1-3-6-14)16-12(17)11-8-10-9(20-11)4-7-19-10/h4,7-8H,1-3,5-6H2,(H2,15,18)(H,16,17). The van der Waals surface area contributed by atoms with E-state index >= 15 is 0 Å². The fraction of sp³-hybridized carbons (Fsp3) is 0.429. The minimum atomic E-state index is -0.484. The predicted molar refractivity (Wildman–Crippen MR) is 89.8 cm³/mol. The Morgan fingerprint density at radius 3 is 2.70 bits per heavy atom. The monoisotopic (exact) mass is 324 g/mol. The van der Waals surface area contributed by atoms with Gasteiger partial charge in [-0.15, -0.1) is 22.7 Å². The molecule has 106 valence electrons. The minimum absolute atomic E-state index is 0.0481. The molecule has 20 heavy (non-hydrogen) atoms. The lowest BCUT2D eigenvalue weighted by Crippen LogP contribution is -2.57. The summed E-state index contributed by atoms with van der Waals surface area (Å²) in [4.78, 5) is 13.6.